The zero-order chi connectivity index (χ0) is 18.4. The van der Waals surface area contributed by atoms with Gasteiger partial charge in [-0.1, -0.05) is 39.0 Å². The minimum atomic E-state index is -1.33. The highest BCUT2D eigenvalue weighted by atomic mass is 16.7. The fraction of sp³-hybridized carbons (Fsp3) is 0.300. The molecule has 0 bridgehead atoms. The lowest BCUT2D eigenvalue weighted by Crippen LogP contribution is -2.23. The molecule has 3 rings (SSSR count). The predicted octanol–water partition coefficient (Wildman–Crippen LogP) is 4.43. The van der Waals surface area contributed by atoms with Gasteiger partial charge in [0.05, 0.1) is 5.56 Å². The van der Waals surface area contributed by atoms with E-state index in [1.54, 1.807) is 24.3 Å². The normalized spacial score (nSPS) is 20.8. The van der Waals surface area contributed by atoms with Crippen LogP contribution in [0.5, 0.6) is 5.75 Å². The Bertz CT molecular complexity index is 851. The lowest BCUT2D eigenvalue weighted by molar-refractivity contribution is 0.0696. The number of hydrogen-bond donors (Lipinski definition) is 2. The van der Waals surface area contributed by atoms with Gasteiger partial charge in [0.15, 0.2) is 0 Å². The summed E-state index contributed by atoms with van der Waals surface area (Å²) in [6, 6.07) is 12.3. The topological polar surface area (TPSA) is 83.8 Å². The van der Waals surface area contributed by atoms with Crippen molar-refractivity contribution in [2.75, 3.05) is 0 Å². The monoisotopic (exact) mass is 340 g/mol. The highest BCUT2D eigenvalue weighted by Crippen LogP contribution is 2.53. The lowest BCUT2D eigenvalue weighted by Gasteiger charge is -2.28. The summed E-state index contributed by atoms with van der Waals surface area (Å²) in [6.45, 7) is 6.37. The SMILES string of the molecule is CC1(C)C[C@@](C)(c2ccc(C(=O)O)cc2)c2ccc(OC(=O)O)cc21. The van der Waals surface area contributed by atoms with Crippen molar-refractivity contribution in [3.8, 4) is 5.75 Å². The van der Waals surface area contributed by atoms with E-state index in [1.807, 2.05) is 18.2 Å². The number of ether oxygens (including phenoxy) is 1. The lowest BCUT2D eigenvalue weighted by atomic mass is 9.75. The molecule has 1 aliphatic rings. The van der Waals surface area contributed by atoms with Crippen molar-refractivity contribution in [2.24, 2.45) is 0 Å². The molecule has 5 heteroatoms. The minimum Gasteiger partial charge on any atom is -0.478 e. The van der Waals surface area contributed by atoms with Crippen LogP contribution in [0.3, 0.4) is 0 Å². The molecule has 0 saturated heterocycles. The summed E-state index contributed by atoms with van der Waals surface area (Å²) in [5.41, 5.74) is 3.02. The Balaban J connectivity index is 2.08. The first-order valence-electron chi connectivity index (χ1n) is 8.03. The highest BCUT2D eigenvalue weighted by Gasteiger charge is 2.45. The third-order valence-corrected chi connectivity index (χ3v) is 5.08. The summed E-state index contributed by atoms with van der Waals surface area (Å²) in [7, 11) is 0. The molecule has 0 aromatic heterocycles. The van der Waals surface area contributed by atoms with Crippen LogP contribution in [0.25, 0.3) is 0 Å². The van der Waals surface area contributed by atoms with Gasteiger partial charge in [-0.3, -0.25) is 0 Å². The Morgan fingerprint density at radius 3 is 2.16 bits per heavy atom. The molecule has 5 nitrogen and oxygen atoms in total. The van der Waals surface area contributed by atoms with Gasteiger partial charge in [-0.2, -0.15) is 0 Å². The summed E-state index contributed by atoms with van der Waals surface area (Å²) >= 11 is 0. The van der Waals surface area contributed by atoms with E-state index >= 15 is 0 Å². The van der Waals surface area contributed by atoms with E-state index in [2.05, 4.69) is 20.8 Å². The summed E-state index contributed by atoms with van der Waals surface area (Å²) in [6.07, 6.45) is -0.499. The van der Waals surface area contributed by atoms with Crippen LogP contribution in [0, 0.1) is 0 Å². The molecule has 0 radical (unpaired) electrons. The number of carbonyl (C=O) groups is 2. The largest absolute Gasteiger partial charge is 0.511 e. The van der Waals surface area contributed by atoms with Gasteiger partial charge in [-0.25, -0.2) is 9.59 Å². The first kappa shape index (κ1) is 17.0. The molecule has 1 aliphatic carbocycles. The Kier molecular flexibility index (Phi) is 3.82. The molecule has 0 amide bonds. The van der Waals surface area contributed by atoms with Crippen molar-refractivity contribution in [1.29, 1.82) is 0 Å². The highest BCUT2D eigenvalue weighted by molar-refractivity contribution is 5.87. The quantitative estimate of drug-likeness (QED) is 0.638. The summed E-state index contributed by atoms with van der Waals surface area (Å²) in [5.74, 6) is -0.635. The second kappa shape index (κ2) is 5.62. The van der Waals surface area contributed by atoms with E-state index in [1.165, 1.54) is 0 Å². The fourth-order valence-electron chi connectivity index (χ4n) is 4.04. The van der Waals surface area contributed by atoms with E-state index in [4.69, 9.17) is 14.9 Å². The van der Waals surface area contributed by atoms with Crippen LogP contribution in [-0.2, 0) is 10.8 Å². The minimum absolute atomic E-state index is 0.159. The van der Waals surface area contributed by atoms with Crippen molar-refractivity contribution in [1.82, 2.24) is 0 Å². The van der Waals surface area contributed by atoms with E-state index in [-0.39, 0.29) is 16.4 Å². The molecule has 1 atom stereocenters. The summed E-state index contributed by atoms with van der Waals surface area (Å²) < 4.78 is 4.80. The molecule has 0 aliphatic heterocycles. The number of hydrogen-bond acceptors (Lipinski definition) is 3. The Labute approximate surface area is 145 Å². The summed E-state index contributed by atoms with van der Waals surface area (Å²) in [4.78, 5) is 21.9. The predicted molar refractivity (Wildman–Crippen MR) is 92.6 cm³/mol. The Morgan fingerprint density at radius 2 is 1.60 bits per heavy atom. The number of fused-ring (bicyclic) bond motifs is 1. The maximum Gasteiger partial charge on any atom is 0.511 e. The zero-order valence-electron chi connectivity index (χ0n) is 14.4. The number of aromatic carboxylic acids is 1. The van der Waals surface area contributed by atoms with Crippen molar-refractivity contribution in [3.63, 3.8) is 0 Å². The van der Waals surface area contributed by atoms with Gasteiger partial charge in [-0.05, 0) is 52.8 Å². The van der Waals surface area contributed by atoms with Gasteiger partial charge < -0.3 is 14.9 Å². The molecule has 0 unspecified atom stereocenters. The maximum absolute atomic E-state index is 11.1. The standard InChI is InChI=1S/C20H20O5/c1-19(2)11-20(3,13-6-4-12(5-7-13)17(21)22)15-9-8-14(10-16(15)19)25-18(23)24/h4-10H,11H2,1-3H3,(H,21,22)(H,23,24)/t20-/m0/s1. The van der Waals surface area contributed by atoms with Crippen LogP contribution >= 0.6 is 0 Å². The Hall–Kier alpha value is -2.82. The molecule has 0 heterocycles. The number of carboxylic acid groups (broad SMARTS) is 2. The van der Waals surface area contributed by atoms with Crippen molar-refractivity contribution < 1.29 is 24.5 Å². The van der Waals surface area contributed by atoms with E-state index in [0.717, 1.165) is 23.1 Å². The van der Waals surface area contributed by atoms with Crippen LogP contribution < -0.4 is 4.74 Å². The van der Waals surface area contributed by atoms with Crippen molar-refractivity contribution >= 4 is 12.1 Å². The van der Waals surface area contributed by atoms with Crippen molar-refractivity contribution in [2.45, 2.75) is 38.0 Å². The van der Waals surface area contributed by atoms with Crippen LogP contribution in [0.1, 0.15) is 54.2 Å². The number of carboxylic acids is 1. The molecule has 0 spiro atoms. The molecule has 25 heavy (non-hydrogen) atoms. The third kappa shape index (κ3) is 2.86. The maximum atomic E-state index is 11.1. The summed E-state index contributed by atoms with van der Waals surface area (Å²) in [5, 5.41) is 17.9. The Morgan fingerprint density at radius 1 is 0.960 bits per heavy atom. The fourth-order valence-corrected chi connectivity index (χ4v) is 4.04. The van der Waals surface area contributed by atoms with Crippen LogP contribution in [0.4, 0.5) is 4.79 Å². The number of rotatable bonds is 3. The van der Waals surface area contributed by atoms with E-state index < -0.39 is 12.1 Å². The van der Waals surface area contributed by atoms with Gasteiger partial charge in [0.2, 0.25) is 0 Å². The van der Waals surface area contributed by atoms with Crippen LogP contribution in [-0.4, -0.2) is 22.3 Å². The molecule has 2 aromatic carbocycles. The molecular formula is C20H20O5. The first-order valence-corrected chi connectivity index (χ1v) is 8.03. The molecule has 130 valence electrons. The second-order valence-corrected chi connectivity index (χ2v) is 7.35. The van der Waals surface area contributed by atoms with Crippen LogP contribution in [0.2, 0.25) is 0 Å². The number of benzene rings is 2. The molecule has 0 fully saturated rings. The van der Waals surface area contributed by atoms with E-state index in [9.17, 15) is 9.59 Å². The zero-order valence-corrected chi connectivity index (χ0v) is 14.4. The van der Waals surface area contributed by atoms with E-state index in [0.29, 0.717) is 5.75 Å². The van der Waals surface area contributed by atoms with Crippen LogP contribution in [0.15, 0.2) is 42.5 Å². The van der Waals surface area contributed by atoms with Gasteiger partial charge in [-0.15, -0.1) is 0 Å². The molecule has 2 N–H and O–H groups in total. The average molecular weight is 340 g/mol. The first-order chi connectivity index (χ1) is 11.6. The van der Waals surface area contributed by atoms with Gasteiger partial charge in [0.25, 0.3) is 0 Å². The smallest absolute Gasteiger partial charge is 0.478 e. The molecular weight excluding hydrogens is 320 g/mol. The average Bonchev–Trinajstić information content (AvgIpc) is 2.74. The molecule has 0 saturated carbocycles. The van der Waals surface area contributed by atoms with Crippen molar-refractivity contribution in [3.05, 3.63) is 64.7 Å². The van der Waals surface area contributed by atoms with Gasteiger partial charge in [0.1, 0.15) is 5.75 Å². The second-order valence-electron chi connectivity index (χ2n) is 7.35. The van der Waals surface area contributed by atoms with Gasteiger partial charge >= 0.3 is 12.1 Å². The third-order valence-electron chi connectivity index (χ3n) is 5.08. The molecule has 2 aromatic rings. The van der Waals surface area contributed by atoms with Gasteiger partial charge in [0, 0.05) is 5.41 Å².